The van der Waals surface area contributed by atoms with E-state index in [1.807, 2.05) is 17.0 Å². The molecule has 3 unspecified atom stereocenters. The van der Waals surface area contributed by atoms with Crippen LogP contribution in [0.3, 0.4) is 0 Å². The minimum Gasteiger partial charge on any atom is -0.312 e. The van der Waals surface area contributed by atoms with E-state index in [0.29, 0.717) is 30.3 Å². The van der Waals surface area contributed by atoms with Gasteiger partial charge >= 0.3 is 0 Å². The Balaban J connectivity index is 1.35. The minimum atomic E-state index is -3.40. The van der Waals surface area contributed by atoms with Crippen LogP contribution in [0, 0.1) is 17.8 Å². The van der Waals surface area contributed by atoms with Crippen LogP contribution in [0.15, 0.2) is 23.1 Å². The summed E-state index contributed by atoms with van der Waals surface area (Å²) in [7, 11) is -3.40. The minimum absolute atomic E-state index is 0.230. The number of rotatable bonds is 4. The van der Waals surface area contributed by atoms with E-state index in [9.17, 15) is 13.2 Å². The van der Waals surface area contributed by atoms with Gasteiger partial charge in [-0.25, -0.2) is 8.42 Å². The molecule has 1 amide bonds. The Morgan fingerprint density at radius 1 is 1.04 bits per heavy atom. The molecule has 1 saturated heterocycles. The summed E-state index contributed by atoms with van der Waals surface area (Å²) in [6.07, 6.45) is 9.50. The average molecular weight is 403 g/mol. The molecule has 3 atom stereocenters. The van der Waals surface area contributed by atoms with E-state index >= 15 is 0 Å². The maximum Gasteiger partial charge on any atom is 0.243 e. The second-order valence-electron chi connectivity index (χ2n) is 9.19. The molecule has 6 heteroatoms. The van der Waals surface area contributed by atoms with Crippen molar-refractivity contribution in [1.82, 2.24) is 4.31 Å². The maximum atomic E-state index is 13.1. The van der Waals surface area contributed by atoms with Crippen LogP contribution in [0.2, 0.25) is 0 Å². The lowest BCUT2D eigenvalue weighted by Gasteiger charge is -2.32. The van der Waals surface area contributed by atoms with Crippen LogP contribution >= 0.6 is 0 Å². The van der Waals surface area contributed by atoms with Gasteiger partial charge in [0.05, 0.1) is 4.90 Å². The molecule has 5 rings (SSSR count). The van der Waals surface area contributed by atoms with Crippen LogP contribution in [0.1, 0.15) is 56.9 Å². The molecule has 0 spiro atoms. The Labute approximate surface area is 168 Å². The van der Waals surface area contributed by atoms with Crippen LogP contribution in [0.5, 0.6) is 0 Å². The van der Waals surface area contributed by atoms with Crippen LogP contribution in [0.4, 0.5) is 5.69 Å². The largest absolute Gasteiger partial charge is 0.312 e. The number of benzene rings is 1. The van der Waals surface area contributed by atoms with Gasteiger partial charge in [-0.05, 0) is 86.5 Å². The molecule has 2 aliphatic carbocycles. The fourth-order valence-electron chi connectivity index (χ4n) is 6.03. The molecule has 1 aromatic rings. The Kier molecular flexibility index (Phi) is 4.74. The summed E-state index contributed by atoms with van der Waals surface area (Å²) >= 11 is 0. The molecule has 3 fully saturated rings. The van der Waals surface area contributed by atoms with Crippen molar-refractivity contribution in [1.29, 1.82) is 0 Å². The van der Waals surface area contributed by atoms with E-state index in [2.05, 4.69) is 0 Å². The number of aryl methyl sites for hydroxylation is 1. The highest BCUT2D eigenvalue weighted by Crippen LogP contribution is 2.49. The van der Waals surface area contributed by atoms with Crippen molar-refractivity contribution in [2.75, 3.05) is 24.5 Å². The summed E-state index contributed by atoms with van der Waals surface area (Å²) in [5, 5.41) is 0. The van der Waals surface area contributed by atoms with Gasteiger partial charge in [-0.15, -0.1) is 0 Å². The summed E-state index contributed by atoms with van der Waals surface area (Å²) in [5.41, 5.74) is 1.94. The van der Waals surface area contributed by atoms with Crippen molar-refractivity contribution in [3.05, 3.63) is 23.8 Å². The SMILES string of the molecule is O=C(CC1CC2CCC1C2)N1CCCc2cc(S(=O)(=O)N3CCCC3)ccc21. The monoisotopic (exact) mass is 402 g/mol. The Bertz CT molecular complexity index is 876. The topological polar surface area (TPSA) is 57.7 Å². The molecule has 2 bridgehead atoms. The first-order chi connectivity index (χ1) is 13.5. The third-order valence-corrected chi connectivity index (χ3v) is 9.39. The number of amides is 1. The second kappa shape index (κ2) is 7.13. The summed E-state index contributed by atoms with van der Waals surface area (Å²) in [4.78, 5) is 15.4. The lowest BCUT2D eigenvalue weighted by atomic mass is 9.86. The Morgan fingerprint density at radius 2 is 1.86 bits per heavy atom. The first-order valence-electron chi connectivity index (χ1n) is 11.0. The normalized spacial score (nSPS) is 30.0. The van der Waals surface area contributed by atoms with Crippen molar-refractivity contribution in [2.45, 2.75) is 62.7 Å². The van der Waals surface area contributed by atoms with Crippen molar-refractivity contribution >= 4 is 21.6 Å². The standard InChI is InChI=1S/C22H30N2O3S/c25-22(15-19-13-16-5-6-17(19)12-16)24-11-3-4-18-14-20(7-8-21(18)24)28(26,27)23-9-1-2-10-23/h7-8,14,16-17,19H,1-6,9-13,15H2. The third kappa shape index (κ3) is 3.18. The molecule has 1 aromatic carbocycles. The molecule has 0 aromatic heterocycles. The first-order valence-corrected chi connectivity index (χ1v) is 12.4. The molecule has 2 saturated carbocycles. The summed E-state index contributed by atoms with van der Waals surface area (Å²) in [5.74, 6) is 2.40. The van der Waals surface area contributed by atoms with Crippen LogP contribution < -0.4 is 4.90 Å². The van der Waals surface area contributed by atoms with Gasteiger partial charge < -0.3 is 4.90 Å². The number of sulfonamides is 1. The molecule has 0 radical (unpaired) electrons. The molecular formula is C22H30N2O3S. The highest BCUT2D eigenvalue weighted by molar-refractivity contribution is 7.89. The Morgan fingerprint density at radius 3 is 2.57 bits per heavy atom. The van der Waals surface area contributed by atoms with E-state index in [-0.39, 0.29) is 5.91 Å². The van der Waals surface area contributed by atoms with E-state index in [1.165, 1.54) is 25.7 Å². The quantitative estimate of drug-likeness (QED) is 0.773. The zero-order chi connectivity index (χ0) is 19.3. The zero-order valence-electron chi connectivity index (χ0n) is 16.5. The van der Waals surface area contributed by atoms with Gasteiger partial charge in [0.25, 0.3) is 0 Å². The molecular weight excluding hydrogens is 372 g/mol. The molecule has 2 heterocycles. The highest BCUT2D eigenvalue weighted by Gasteiger charge is 2.41. The third-order valence-electron chi connectivity index (χ3n) is 7.49. The van der Waals surface area contributed by atoms with Crippen LogP contribution in [0.25, 0.3) is 0 Å². The van der Waals surface area contributed by atoms with Gasteiger partial charge in [0.1, 0.15) is 0 Å². The number of carbonyl (C=O) groups excluding carboxylic acids is 1. The van der Waals surface area contributed by atoms with E-state index in [1.54, 1.807) is 10.4 Å². The smallest absolute Gasteiger partial charge is 0.243 e. The number of fused-ring (bicyclic) bond motifs is 3. The Hall–Kier alpha value is -1.40. The van der Waals surface area contributed by atoms with Crippen molar-refractivity contribution < 1.29 is 13.2 Å². The van der Waals surface area contributed by atoms with E-state index < -0.39 is 10.0 Å². The highest BCUT2D eigenvalue weighted by atomic mass is 32.2. The number of hydrogen-bond donors (Lipinski definition) is 0. The molecule has 2 aliphatic heterocycles. The van der Waals surface area contributed by atoms with Crippen molar-refractivity contribution in [2.24, 2.45) is 17.8 Å². The molecule has 152 valence electrons. The van der Waals surface area contributed by atoms with Crippen LogP contribution in [-0.4, -0.2) is 38.3 Å². The molecule has 0 N–H and O–H groups in total. The van der Waals surface area contributed by atoms with Crippen LogP contribution in [-0.2, 0) is 21.2 Å². The summed E-state index contributed by atoms with van der Waals surface area (Å²) in [6, 6.07) is 5.39. The molecule has 28 heavy (non-hydrogen) atoms. The fourth-order valence-corrected chi connectivity index (χ4v) is 7.60. The van der Waals surface area contributed by atoms with Gasteiger partial charge in [0, 0.05) is 31.7 Å². The maximum absolute atomic E-state index is 13.1. The van der Waals surface area contributed by atoms with E-state index in [0.717, 1.165) is 55.3 Å². The zero-order valence-corrected chi connectivity index (χ0v) is 17.3. The number of nitrogens with zero attached hydrogens (tertiary/aromatic N) is 2. The average Bonchev–Trinajstić information content (AvgIpc) is 3.45. The molecule has 5 nitrogen and oxygen atoms in total. The number of hydrogen-bond acceptors (Lipinski definition) is 3. The van der Waals surface area contributed by atoms with Gasteiger partial charge in [-0.3, -0.25) is 4.79 Å². The van der Waals surface area contributed by atoms with Gasteiger partial charge in [-0.1, -0.05) is 6.42 Å². The van der Waals surface area contributed by atoms with Crippen molar-refractivity contribution in [3.63, 3.8) is 0 Å². The van der Waals surface area contributed by atoms with Gasteiger partial charge in [0.15, 0.2) is 0 Å². The predicted octanol–water partition coefficient (Wildman–Crippen LogP) is 3.58. The predicted molar refractivity (Wildman–Crippen MR) is 109 cm³/mol. The number of anilines is 1. The second-order valence-corrected chi connectivity index (χ2v) is 11.1. The van der Waals surface area contributed by atoms with E-state index in [4.69, 9.17) is 0 Å². The van der Waals surface area contributed by atoms with Gasteiger partial charge in [0.2, 0.25) is 15.9 Å². The fraction of sp³-hybridized carbons (Fsp3) is 0.682. The lowest BCUT2D eigenvalue weighted by Crippen LogP contribution is -2.37. The summed E-state index contributed by atoms with van der Waals surface area (Å²) in [6.45, 7) is 1.99. The lowest BCUT2D eigenvalue weighted by molar-refractivity contribution is -0.120. The first kappa shape index (κ1) is 18.6. The summed E-state index contributed by atoms with van der Waals surface area (Å²) < 4.78 is 27.4. The van der Waals surface area contributed by atoms with Crippen molar-refractivity contribution in [3.8, 4) is 0 Å². The molecule has 4 aliphatic rings. The van der Waals surface area contributed by atoms with Gasteiger partial charge in [-0.2, -0.15) is 4.31 Å². The number of carbonyl (C=O) groups is 1.